The maximum atomic E-state index is 11.2. The molecule has 0 bridgehead atoms. The van der Waals surface area contributed by atoms with Crippen LogP contribution >= 0.6 is 0 Å². The van der Waals surface area contributed by atoms with Crippen molar-refractivity contribution in [1.29, 1.82) is 0 Å². The molecule has 4 heteroatoms. The Labute approximate surface area is 81.2 Å². The fourth-order valence-corrected chi connectivity index (χ4v) is 1.15. The van der Waals surface area contributed by atoms with E-state index in [2.05, 4.69) is 0 Å². The number of aryl methyl sites for hydroxylation is 1. The number of hydrogen-bond donors (Lipinski definition) is 1. The van der Waals surface area contributed by atoms with Crippen molar-refractivity contribution in [2.24, 2.45) is 0 Å². The van der Waals surface area contributed by atoms with E-state index in [1.165, 1.54) is 13.0 Å². The van der Waals surface area contributed by atoms with E-state index in [1.54, 1.807) is 6.92 Å². The molecular formula is C10H12O4. The van der Waals surface area contributed by atoms with E-state index in [4.69, 9.17) is 4.42 Å². The van der Waals surface area contributed by atoms with Gasteiger partial charge in [0.15, 0.2) is 0 Å². The number of carbonyl (C=O) groups is 1. The lowest BCUT2D eigenvalue weighted by atomic mass is 10.1. The summed E-state index contributed by atoms with van der Waals surface area (Å²) >= 11 is 0. The van der Waals surface area contributed by atoms with Crippen LogP contribution in [0.15, 0.2) is 15.3 Å². The number of carbonyl (C=O) groups excluding carboxylic acids is 1. The Balaban J connectivity index is 2.97. The molecule has 0 aliphatic carbocycles. The SMILES string of the molecule is CC(=O)CCc1c(O)cc(C)oc1=O. The lowest BCUT2D eigenvalue weighted by molar-refractivity contribution is -0.116. The van der Waals surface area contributed by atoms with Crippen LogP contribution in [0.25, 0.3) is 0 Å². The second-order valence-corrected chi connectivity index (χ2v) is 3.21. The third kappa shape index (κ3) is 2.45. The Kier molecular flexibility index (Phi) is 3.06. The summed E-state index contributed by atoms with van der Waals surface area (Å²) in [7, 11) is 0. The van der Waals surface area contributed by atoms with Gasteiger partial charge in [-0.2, -0.15) is 0 Å². The molecule has 1 aromatic heterocycles. The zero-order valence-electron chi connectivity index (χ0n) is 8.16. The summed E-state index contributed by atoms with van der Waals surface area (Å²) in [5.74, 6) is 0.239. The molecule has 1 aromatic rings. The summed E-state index contributed by atoms with van der Waals surface area (Å²) in [5, 5.41) is 9.41. The van der Waals surface area contributed by atoms with Crippen LogP contribution in [0.2, 0.25) is 0 Å². The molecule has 76 valence electrons. The Morgan fingerprint density at radius 3 is 2.71 bits per heavy atom. The van der Waals surface area contributed by atoms with E-state index in [1.807, 2.05) is 0 Å². The van der Waals surface area contributed by atoms with E-state index < -0.39 is 5.63 Å². The van der Waals surface area contributed by atoms with Gasteiger partial charge in [0.25, 0.3) is 0 Å². The molecule has 0 saturated carbocycles. The third-order valence-electron chi connectivity index (χ3n) is 1.88. The van der Waals surface area contributed by atoms with Gasteiger partial charge in [0.2, 0.25) is 0 Å². The minimum atomic E-state index is -0.566. The first-order valence-electron chi connectivity index (χ1n) is 4.32. The molecule has 0 spiro atoms. The number of ketones is 1. The van der Waals surface area contributed by atoms with Crippen molar-refractivity contribution >= 4 is 5.78 Å². The molecule has 1 rings (SSSR count). The lowest BCUT2D eigenvalue weighted by Gasteiger charge is -2.01. The van der Waals surface area contributed by atoms with Gasteiger partial charge in [-0.25, -0.2) is 4.79 Å². The standard InChI is InChI=1S/C10H12O4/c1-6(11)3-4-8-9(12)5-7(2)14-10(8)13/h5,12H,3-4H2,1-2H3. The number of rotatable bonds is 3. The van der Waals surface area contributed by atoms with Crippen molar-refractivity contribution in [1.82, 2.24) is 0 Å². The lowest BCUT2D eigenvalue weighted by Crippen LogP contribution is -2.09. The van der Waals surface area contributed by atoms with Crippen LogP contribution < -0.4 is 5.63 Å². The molecule has 14 heavy (non-hydrogen) atoms. The van der Waals surface area contributed by atoms with Gasteiger partial charge >= 0.3 is 5.63 Å². The number of hydrogen-bond acceptors (Lipinski definition) is 4. The largest absolute Gasteiger partial charge is 0.507 e. The van der Waals surface area contributed by atoms with Crippen LogP contribution in [0.4, 0.5) is 0 Å². The van der Waals surface area contributed by atoms with Gasteiger partial charge in [0, 0.05) is 12.5 Å². The first kappa shape index (κ1) is 10.5. The minimum Gasteiger partial charge on any atom is -0.507 e. The highest BCUT2D eigenvalue weighted by molar-refractivity contribution is 5.75. The summed E-state index contributed by atoms with van der Waals surface area (Å²) < 4.78 is 4.79. The van der Waals surface area contributed by atoms with Crippen LogP contribution in [-0.2, 0) is 11.2 Å². The molecule has 1 heterocycles. The molecule has 0 unspecified atom stereocenters. The maximum absolute atomic E-state index is 11.2. The van der Waals surface area contributed by atoms with E-state index >= 15 is 0 Å². The van der Waals surface area contributed by atoms with Gasteiger partial charge in [-0.3, -0.25) is 0 Å². The van der Waals surface area contributed by atoms with Crippen molar-refractivity contribution in [2.75, 3.05) is 0 Å². The van der Waals surface area contributed by atoms with Crippen LogP contribution in [0.5, 0.6) is 5.75 Å². The topological polar surface area (TPSA) is 67.5 Å². The molecule has 0 aliphatic rings. The van der Waals surface area contributed by atoms with Crippen molar-refractivity contribution < 1.29 is 14.3 Å². The van der Waals surface area contributed by atoms with E-state index in [-0.39, 0.29) is 29.9 Å². The van der Waals surface area contributed by atoms with Gasteiger partial charge in [-0.15, -0.1) is 0 Å². The first-order valence-corrected chi connectivity index (χ1v) is 4.32. The molecule has 4 nitrogen and oxygen atoms in total. The molecule has 0 radical (unpaired) electrons. The van der Waals surface area contributed by atoms with Crippen molar-refractivity contribution in [3.05, 3.63) is 27.8 Å². The van der Waals surface area contributed by atoms with E-state index in [9.17, 15) is 14.7 Å². The van der Waals surface area contributed by atoms with Crippen LogP contribution in [0.1, 0.15) is 24.7 Å². The molecule has 0 atom stereocenters. The van der Waals surface area contributed by atoms with E-state index in [0.29, 0.717) is 5.76 Å². The second-order valence-electron chi connectivity index (χ2n) is 3.21. The van der Waals surface area contributed by atoms with Gasteiger partial charge in [0.1, 0.15) is 17.3 Å². The highest BCUT2D eigenvalue weighted by Gasteiger charge is 2.09. The smallest absolute Gasteiger partial charge is 0.342 e. The predicted octanol–water partition coefficient (Wildman–Crippen LogP) is 1.18. The monoisotopic (exact) mass is 196 g/mol. The predicted molar refractivity (Wildman–Crippen MR) is 50.4 cm³/mol. The van der Waals surface area contributed by atoms with E-state index in [0.717, 1.165) is 0 Å². The molecular weight excluding hydrogens is 184 g/mol. The second kappa shape index (κ2) is 4.09. The Morgan fingerprint density at radius 2 is 2.21 bits per heavy atom. The molecule has 0 amide bonds. The third-order valence-corrected chi connectivity index (χ3v) is 1.88. The molecule has 0 aromatic carbocycles. The average molecular weight is 196 g/mol. The summed E-state index contributed by atoms with van der Waals surface area (Å²) in [4.78, 5) is 21.9. The summed E-state index contributed by atoms with van der Waals surface area (Å²) in [5.41, 5.74) is -0.394. The zero-order valence-corrected chi connectivity index (χ0v) is 8.16. The van der Waals surface area contributed by atoms with Crippen LogP contribution in [0.3, 0.4) is 0 Å². The molecule has 0 saturated heterocycles. The van der Waals surface area contributed by atoms with Crippen molar-refractivity contribution in [3.8, 4) is 5.75 Å². The fraction of sp³-hybridized carbons (Fsp3) is 0.400. The van der Waals surface area contributed by atoms with Gasteiger partial charge in [0.05, 0.1) is 5.56 Å². The number of Topliss-reactive ketones (excluding diaryl/α,β-unsaturated/α-hetero) is 1. The first-order chi connectivity index (χ1) is 6.50. The minimum absolute atomic E-state index is 0.0237. The Morgan fingerprint density at radius 1 is 1.57 bits per heavy atom. The quantitative estimate of drug-likeness (QED) is 0.788. The Bertz CT molecular complexity index is 403. The van der Waals surface area contributed by atoms with Gasteiger partial charge in [-0.1, -0.05) is 0 Å². The molecule has 1 N–H and O–H groups in total. The van der Waals surface area contributed by atoms with Crippen molar-refractivity contribution in [2.45, 2.75) is 26.7 Å². The highest BCUT2D eigenvalue weighted by atomic mass is 16.4. The van der Waals surface area contributed by atoms with Crippen LogP contribution in [-0.4, -0.2) is 10.9 Å². The average Bonchev–Trinajstić information content (AvgIpc) is 2.01. The maximum Gasteiger partial charge on any atom is 0.342 e. The van der Waals surface area contributed by atoms with Gasteiger partial charge < -0.3 is 14.3 Å². The zero-order chi connectivity index (χ0) is 10.7. The van der Waals surface area contributed by atoms with Crippen molar-refractivity contribution in [3.63, 3.8) is 0 Å². The summed E-state index contributed by atoms with van der Waals surface area (Å²) in [6, 6.07) is 1.37. The normalized spacial score (nSPS) is 10.1. The molecule has 0 aliphatic heterocycles. The number of aromatic hydroxyl groups is 1. The summed E-state index contributed by atoms with van der Waals surface area (Å²) in [6.07, 6.45) is 0.463. The van der Waals surface area contributed by atoms with Crippen LogP contribution in [0, 0.1) is 6.92 Å². The summed E-state index contributed by atoms with van der Waals surface area (Å²) in [6.45, 7) is 3.02. The fourth-order valence-electron chi connectivity index (χ4n) is 1.15. The molecule has 0 fully saturated rings. The highest BCUT2D eigenvalue weighted by Crippen LogP contribution is 2.15. The Hall–Kier alpha value is -1.58. The van der Waals surface area contributed by atoms with Gasteiger partial charge in [-0.05, 0) is 20.3 Å².